The van der Waals surface area contributed by atoms with Gasteiger partial charge in [-0.05, 0) is 23.6 Å². The molecule has 2 atom stereocenters. The Bertz CT molecular complexity index is 606. The molecule has 0 saturated heterocycles. The topological polar surface area (TPSA) is 64.9 Å². The van der Waals surface area contributed by atoms with Crippen LogP contribution in [0.1, 0.15) is 37.8 Å². The Morgan fingerprint density at radius 1 is 1.33 bits per heavy atom. The van der Waals surface area contributed by atoms with Gasteiger partial charge >= 0.3 is 0 Å². The molecule has 0 saturated carbocycles. The summed E-state index contributed by atoms with van der Waals surface area (Å²) in [4.78, 5) is 0. The molecule has 114 valence electrons. The fraction of sp³-hybridized carbons (Fsp3) is 0.429. The number of aromatic nitrogens is 2. The van der Waals surface area contributed by atoms with E-state index < -0.39 is 0 Å². The summed E-state index contributed by atoms with van der Waals surface area (Å²) in [6, 6.07) is 5.19. The number of hydrogen-bond acceptors (Lipinski definition) is 5. The van der Waals surface area contributed by atoms with Crippen molar-refractivity contribution < 1.29 is 4.42 Å². The van der Waals surface area contributed by atoms with E-state index in [0.717, 1.165) is 12.0 Å². The van der Waals surface area contributed by atoms with Gasteiger partial charge in [-0.15, -0.1) is 10.2 Å². The van der Waals surface area contributed by atoms with Crippen LogP contribution in [0.15, 0.2) is 27.8 Å². The van der Waals surface area contributed by atoms with Gasteiger partial charge in [-0.2, -0.15) is 0 Å². The first-order valence-corrected chi connectivity index (χ1v) is 8.41. The lowest BCUT2D eigenvalue weighted by Gasteiger charge is -2.13. The molecule has 2 aromatic rings. The van der Waals surface area contributed by atoms with Crippen LogP contribution in [-0.2, 0) is 5.75 Å². The van der Waals surface area contributed by atoms with Crippen molar-refractivity contribution in [3.63, 3.8) is 0 Å². The van der Waals surface area contributed by atoms with Crippen LogP contribution in [0.25, 0.3) is 0 Å². The molecule has 0 fully saturated rings. The summed E-state index contributed by atoms with van der Waals surface area (Å²) >= 11 is 13.4. The third-order valence-corrected chi connectivity index (χ3v) is 4.78. The van der Waals surface area contributed by atoms with E-state index in [4.69, 9.17) is 33.4 Å². The second kappa shape index (κ2) is 7.49. The molecule has 0 aliphatic carbocycles. The van der Waals surface area contributed by atoms with E-state index in [1.54, 1.807) is 12.1 Å². The molecule has 2 rings (SSSR count). The Kier molecular flexibility index (Phi) is 5.93. The monoisotopic (exact) mass is 345 g/mol. The van der Waals surface area contributed by atoms with E-state index in [0.29, 0.717) is 32.8 Å². The van der Waals surface area contributed by atoms with Crippen LogP contribution in [-0.4, -0.2) is 10.2 Å². The molecule has 2 N–H and O–H groups in total. The Hall–Kier alpha value is -0.750. The molecular weight excluding hydrogens is 329 g/mol. The van der Waals surface area contributed by atoms with Crippen molar-refractivity contribution in [3.05, 3.63) is 39.7 Å². The first kappa shape index (κ1) is 16.6. The average Bonchev–Trinajstić information content (AvgIpc) is 2.93. The largest absolute Gasteiger partial charge is 0.414 e. The normalized spacial score (nSPS) is 14.1. The van der Waals surface area contributed by atoms with Crippen LogP contribution in [0.3, 0.4) is 0 Å². The third kappa shape index (κ3) is 4.36. The quantitative estimate of drug-likeness (QED) is 0.767. The van der Waals surface area contributed by atoms with E-state index in [9.17, 15) is 0 Å². The second-order valence-electron chi connectivity index (χ2n) is 4.84. The summed E-state index contributed by atoms with van der Waals surface area (Å²) in [5.41, 5.74) is 7.04. The van der Waals surface area contributed by atoms with Gasteiger partial charge in [-0.1, -0.05) is 61.3 Å². The highest BCUT2D eigenvalue weighted by molar-refractivity contribution is 7.98. The Morgan fingerprint density at radius 3 is 2.76 bits per heavy atom. The summed E-state index contributed by atoms with van der Waals surface area (Å²) in [5.74, 6) is 1.42. The molecule has 1 unspecified atom stereocenters. The molecule has 0 aliphatic rings. The highest BCUT2D eigenvalue weighted by Crippen LogP contribution is 2.29. The van der Waals surface area contributed by atoms with Crippen LogP contribution in [0.2, 0.25) is 10.0 Å². The van der Waals surface area contributed by atoms with Gasteiger partial charge in [0, 0.05) is 15.8 Å². The zero-order valence-corrected chi connectivity index (χ0v) is 14.2. The van der Waals surface area contributed by atoms with Crippen molar-refractivity contribution in [3.8, 4) is 0 Å². The highest BCUT2D eigenvalue weighted by atomic mass is 35.5. The lowest BCUT2D eigenvalue weighted by atomic mass is 10.0. The minimum Gasteiger partial charge on any atom is -0.414 e. The van der Waals surface area contributed by atoms with E-state index in [-0.39, 0.29) is 6.04 Å². The fourth-order valence-electron chi connectivity index (χ4n) is 1.69. The number of halogens is 2. The van der Waals surface area contributed by atoms with Gasteiger partial charge < -0.3 is 10.2 Å². The minimum atomic E-state index is -0.226. The van der Waals surface area contributed by atoms with Crippen molar-refractivity contribution in [2.75, 3.05) is 0 Å². The van der Waals surface area contributed by atoms with Gasteiger partial charge in [-0.25, -0.2) is 0 Å². The first-order chi connectivity index (χ1) is 10.0. The lowest BCUT2D eigenvalue weighted by molar-refractivity contribution is 0.333. The maximum atomic E-state index is 6.13. The van der Waals surface area contributed by atoms with E-state index in [1.165, 1.54) is 11.8 Å². The Labute approximate surface area is 138 Å². The van der Waals surface area contributed by atoms with Crippen molar-refractivity contribution >= 4 is 35.0 Å². The Morgan fingerprint density at radius 2 is 2.10 bits per heavy atom. The summed E-state index contributed by atoms with van der Waals surface area (Å²) in [5, 5.41) is 9.78. The van der Waals surface area contributed by atoms with Crippen LogP contribution >= 0.6 is 35.0 Å². The van der Waals surface area contributed by atoms with Crippen LogP contribution in [0.5, 0.6) is 0 Å². The summed E-state index contributed by atoms with van der Waals surface area (Å²) in [7, 11) is 0. The number of thioether (sulfide) groups is 1. The van der Waals surface area contributed by atoms with Gasteiger partial charge in [-0.3, -0.25) is 0 Å². The molecule has 0 spiro atoms. The maximum absolute atomic E-state index is 6.13. The van der Waals surface area contributed by atoms with Gasteiger partial charge in [0.25, 0.3) is 5.22 Å². The lowest BCUT2D eigenvalue weighted by Crippen LogP contribution is -2.18. The summed E-state index contributed by atoms with van der Waals surface area (Å²) in [6.45, 7) is 4.15. The van der Waals surface area contributed by atoms with Crippen molar-refractivity contribution in [1.82, 2.24) is 10.2 Å². The molecule has 1 aromatic carbocycles. The van der Waals surface area contributed by atoms with Gasteiger partial charge in [0.15, 0.2) is 0 Å². The van der Waals surface area contributed by atoms with Crippen molar-refractivity contribution in [2.24, 2.45) is 11.7 Å². The Balaban J connectivity index is 1.99. The number of hydrogen-bond donors (Lipinski definition) is 1. The van der Waals surface area contributed by atoms with Crippen LogP contribution in [0.4, 0.5) is 0 Å². The molecule has 7 heteroatoms. The SMILES string of the molecule is CCC(C)[C@H](N)c1nnc(SCc2ccc(Cl)cc2Cl)o1. The van der Waals surface area contributed by atoms with E-state index >= 15 is 0 Å². The molecular formula is C14H17Cl2N3OS. The summed E-state index contributed by atoms with van der Waals surface area (Å²) in [6.07, 6.45) is 0.965. The smallest absolute Gasteiger partial charge is 0.276 e. The van der Waals surface area contributed by atoms with Gasteiger partial charge in [0.1, 0.15) is 0 Å². The number of nitrogens with two attached hydrogens (primary N) is 1. The molecule has 0 radical (unpaired) electrons. The molecule has 1 heterocycles. The van der Waals surface area contributed by atoms with Crippen LogP contribution < -0.4 is 5.73 Å². The van der Waals surface area contributed by atoms with E-state index in [2.05, 4.69) is 24.0 Å². The van der Waals surface area contributed by atoms with E-state index in [1.807, 2.05) is 6.07 Å². The fourth-order valence-corrected chi connectivity index (χ4v) is 3.02. The highest BCUT2D eigenvalue weighted by Gasteiger charge is 2.20. The molecule has 0 bridgehead atoms. The first-order valence-electron chi connectivity index (χ1n) is 6.67. The van der Waals surface area contributed by atoms with Crippen LogP contribution in [0, 0.1) is 5.92 Å². The molecule has 0 amide bonds. The van der Waals surface area contributed by atoms with Gasteiger partial charge in [0.05, 0.1) is 6.04 Å². The average molecular weight is 346 g/mol. The van der Waals surface area contributed by atoms with Gasteiger partial charge in [0.2, 0.25) is 5.89 Å². The zero-order valence-electron chi connectivity index (χ0n) is 11.8. The standard InChI is InChI=1S/C14H17Cl2N3OS/c1-3-8(2)12(17)13-18-19-14(20-13)21-7-9-4-5-10(15)6-11(9)16/h4-6,8,12H,3,7,17H2,1-2H3/t8?,12-/m0/s1. The molecule has 0 aliphatic heterocycles. The maximum Gasteiger partial charge on any atom is 0.276 e. The summed E-state index contributed by atoms with van der Waals surface area (Å²) < 4.78 is 5.60. The number of nitrogens with zero attached hydrogens (tertiary/aromatic N) is 2. The molecule has 21 heavy (non-hydrogen) atoms. The molecule has 4 nitrogen and oxygen atoms in total. The molecule has 1 aromatic heterocycles. The van der Waals surface area contributed by atoms with Crippen molar-refractivity contribution in [1.29, 1.82) is 0 Å². The predicted molar refractivity (Wildman–Crippen MR) is 86.7 cm³/mol. The zero-order chi connectivity index (χ0) is 15.4. The number of rotatable bonds is 6. The predicted octanol–water partition coefficient (Wildman–Crippen LogP) is 4.71. The minimum absolute atomic E-state index is 0.226. The number of benzene rings is 1. The second-order valence-corrected chi connectivity index (χ2v) is 6.61. The third-order valence-electron chi connectivity index (χ3n) is 3.33. The van der Waals surface area contributed by atoms with Crippen molar-refractivity contribution in [2.45, 2.75) is 37.3 Å².